The van der Waals surface area contributed by atoms with Gasteiger partial charge in [-0.05, 0) is 37.2 Å². The van der Waals surface area contributed by atoms with Gasteiger partial charge in [0.2, 0.25) is 0 Å². The van der Waals surface area contributed by atoms with Gasteiger partial charge >= 0.3 is 0 Å². The van der Waals surface area contributed by atoms with Gasteiger partial charge in [-0.1, -0.05) is 32.1 Å². The summed E-state index contributed by atoms with van der Waals surface area (Å²) in [7, 11) is 1.76. The molecule has 2 heteroatoms. The number of carbonyl (C=O) groups is 1. The third-order valence-electron chi connectivity index (χ3n) is 3.66. The molecule has 96 valence electrons. The fourth-order valence-corrected chi connectivity index (χ4v) is 2.15. The van der Waals surface area contributed by atoms with Gasteiger partial charge in [0.15, 0.2) is 5.78 Å². The summed E-state index contributed by atoms with van der Waals surface area (Å²) in [6, 6.07) is 0. The summed E-state index contributed by atoms with van der Waals surface area (Å²) in [6.45, 7) is 4.41. The lowest BCUT2D eigenvalue weighted by atomic mass is 9.86. The molecule has 0 unspecified atom stereocenters. The molecule has 0 aromatic carbocycles. The van der Waals surface area contributed by atoms with E-state index in [0.29, 0.717) is 18.3 Å². The zero-order valence-electron chi connectivity index (χ0n) is 11.2. The Morgan fingerprint density at radius 3 is 2.65 bits per heavy atom. The van der Waals surface area contributed by atoms with E-state index in [4.69, 9.17) is 4.74 Å². The van der Waals surface area contributed by atoms with E-state index in [1.807, 2.05) is 6.08 Å². The van der Waals surface area contributed by atoms with Crippen LogP contribution in [0.2, 0.25) is 0 Å². The van der Waals surface area contributed by atoms with Crippen molar-refractivity contribution in [1.82, 2.24) is 0 Å². The fourth-order valence-electron chi connectivity index (χ4n) is 2.15. The minimum Gasteiger partial charge on any atom is -0.377 e. The van der Waals surface area contributed by atoms with Gasteiger partial charge in [-0.2, -0.15) is 0 Å². The predicted molar refractivity (Wildman–Crippen MR) is 70.9 cm³/mol. The zero-order valence-corrected chi connectivity index (χ0v) is 11.2. The van der Waals surface area contributed by atoms with Crippen LogP contribution >= 0.6 is 0 Å². The van der Waals surface area contributed by atoms with Crippen molar-refractivity contribution in [3.8, 4) is 0 Å². The van der Waals surface area contributed by atoms with Crippen LogP contribution < -0.4 is 0 Å². The summed E-state index contributed by atoms with van der Waals surface area (Å²) in [5, 5.41) is 0. The summed E-state index contributed by atoms with van der Waals surface area (Å²) >= 11 is 0. The maximum absolute atomic E-state index is 11.6. The van der Waals surface area contributed by atoms with E-state index in [9.17, 15) is 4.79 Å². The molecule has 17 heavy (non-hydrogen) atoms. The first-order valence-electron chi connectivity index (χ1n) is 6.54. The van der Waals surface area contributed by atoms with Gasteiger partial charge in [0.05, 0.1) is 6.10 Å². The first-order valence-corrected chi connectivity index (χ1v) is 6.54. The van der Waals surface area contributed by atoms with Gasteiger partial charge < -0.3 is 4.74 Å². The molecule has 0 aliphatic heterocycles. The molecule has 0 saturated heterocycles. The number of carbonyl (C=O) groups excluding carboxylic acids is 1. The van der Waals surface area contributed by atoms with Crippen LogP contribution in [0.3, 0.4) is 0 Å². The smallest absolute Gasteiger partial charge is 0.155 e. The van der Waals surface area contributed by atoms with E-state index in [1.165, 1.54) is 0 Å². The second kappa shape index (κ2) is 7.44. The molecule has 1 rings (SSSR count). The lowest BCUT2D eigenvalue weighted by Gasteiger charge is -2.25. The van der Waals surface area contributed by atoms with Crippen LogP contribution in [0, 0.1) is 11.8 Å². The summed E-state index contributed by atoms with van der Waals surface area (Å²) in [4.78, 5) is 11.6. The molecule has 0 heterocycles. The topological polar surface area (TPSA) is 26.3 Å². The van der Waals surface area contributed by atoms with Crippen LogP contribution in [0.5, 0.6) is 0 Å². The van der Waals surface area contributed by atoms with Gasteiger partial charge in [-0.25, -0.2) is 0 Å². The minimum absolute atomic E-state index is 0.170. The van der Waals surface area contributed by atoms with Crippen LogP contribution in [0.25, 0.3) is 0 Å². The molecule has 3 atom stereocenters. The summed E-state index contributed by atoms with van der Waals surface area (Å²) < 4.78 is 5.51. The van der Waals surface area contributed by atoms with E-state index in [1.54, 1.807) is 13.2 Å². The van der Waals surface area contributed by atoms with Crippen LogP contribution in [-0.2, 0) is 9.53 Å². The Labute approximate surface area is 105 Å². The standard InChI is InChI=1S/C15H24O2/c1-12-10-11-14(16)8-6-4-5-7-9-15(17-3)13(12)2/h6-9,12-13,15H,4-5,10-11H2,1-3H3/b8-6+,9-7+/t12-,13+,15+/m1/s1. The molecule has 1 aliphatic rings. The second-order valence-corrected chi connectivity index (χ2v) is 4.95. The fraction of sp³-hybridized carbons (Fsp3) is 0.667. The molecule has 1 aliphatic carbocycles. The third-order valence-corrected chi connectivity index (χ3v) is 3.66. The van der Waals surface area contributed by atoms with Gasteiger partial charge in [0.25, 0.3) is 0 Å². The predicted octanol–water partition coefficient (Wildman–Crippen LogP) is 3.53. The maximum atomic E-state index is 11.6. The average Bonchev–Trinajstić information content (AvgIpc) is 2.33. The van der Waals surface area contributed by atoms with E-state index in [0.717, 1.165) is 19.3 Å². The van der Waals surface area contributed by atoms with Crippen molar-refractivity contribution >= 4 is 5.78 Å². The van der Waals surface area contributed by atoms with E-state index >= 15 is 0 Å². The van der Waals surface area contributed by atoms with Crippen molar-refractivity contribution in [3.05, 3.63) is 24.3 Å². The summed E-state index contributed by atoms with van der Waals surface area (Å²) in [5.74, 6) is 1.21. The van der Waals surface area contributed by atoms with Crippen molar-refractivity contribution in [3.63, 3.8) is 0 Å². The number of ether oxygens (including phenoxy) is 1. The first-order chi connectivity index (χ1) is 8.15. The Bertz CT molecular complexity index is 291. The Balaban J connectivity index is 2.71. The normalized spacial score (nSPS) is 35.7. The number of methoxy groups -OCH3 is 1. The average molecular weight is 236 g/mol. The summed E-state index contributed by atoms with van der Waals surface area (Å²) in [6.07, 6.45) is 11.7. The number of rotatable bonds is 1. The van der Waals surface area contributed by atoms with Crippen LogP contribution in [-0.4, -0.2) is 19.0 Å². The molecular formula is C15H24O2. The zero-order chi connectivity index (χ0) is 12.7. The first kappa shape index (κ1) is 14.2. The highest BCUT2D eigenvalue weighted by atomic mass is 16.5. The molecule has 0 aromatic heterocycles. The van der Waals surface area contributed by atoms with E-state index in [-0.39, 0.29) is 11.9 Å². The van der Waals surface area contributed by atoms with Gasteiger partial charge in [-0.15, -0.1) is 0 Å². The number of ketones is 1. The van der Waals surface area contributed by atoms with Crippen molar-refractivity contribution in [2.24, 2.45) is 11.8 Å². The highest BCUT2D eigenvalue weighted by Crippen LogP contribution is 2.23. The Kier molecular flexibility index (Phi) is 6.20. The highest BCUT2D eigenvalue weighted by Gasteiger charge is 2.20. The van der Waals surface area contributed by atoms with Crippen LogP contribution in [0.15, 0.2) is 24.3 Å². The van der Waals surface area contributed by atoms with E-state index in [2.05, 4.69) is 26.0 Å². The molecule has 0 fully saturated rings. The molecule has 0 spiro atoms. The van der Waals surface area contributed by atoms with Gasteiger partial charge in [0.1, 0.15) is 0 Å². The molecule has 2 nitrogen and oxygen atoms in total. The maximum Gasteiger partial charge on any atom is 0.155 e. The summed E-state index contributed by atoms with van der Waals surface area (Å²) in [5.41, 5.74) is 0. The van der Waals surface area contributed by atoms with Crippen molar-refractivity contribution < 1.29 is 9.53 Å². The molecule has 0 saturated carbocycles. The molecule has 0 N–H and O–H groups in total. The Hall–Kier alpha value is -0.890. The van der Waals surface area contributed by atoms with Gasteiger partial charge in [-0.3, -0.25) is 4.79 Å². The molecule has 0 radical (unpaired) electrons. The van der Waals surface area contributed by atoms with Crippen molar-refractivity contribution in [2.45, 2.75) is 45.6 Å². The molecule has 0 aromatic rings. The third kappa shape index (κ3) is 4.86. The van der Waals surface area contributed by atoms with Crippen LogP contribution in [0.4, 0.5) is 0 Å². The number of hydrogen-bond donors (Lipinski definition) is 0. The molecule has 0 amide bonds. The Morgan fingerprint density at radius 2 is 1.94 bits per heavy atom. The van der Waals surface area contributed by atoms with Crippen molar-refractivity contribution in [1.29, 1.82) is 0 Å². The highest BCUT2D eigenvalue weighted by molar-refractivity contribution is 5.89. The monoisotopic (exact) mass is 236 g/mol. The second-order valence-electron chi connectivity index (χ2n) is 4.95. The molecule has 0 bridgehead atoms. The number of hydrogen-bond acceptors (Lipinski definition) is 2. The number of allylic oxidation sites excluding steroid dienone is 3. The quantitative estimate of drug-likeness (QED) is 0.651. The van der Waals surface area contributed by atoms with Crippen molar-refractivity contribution in [2.75, 3.05) is 7.11 Å². The SMILES string of the molecule is CO[C@H]1/C=C/CC/C=C/C(=O)CC[C@@H](C)[C@@H]1C. The van der Waals surface area contributed by atoms with Gasteiger partial charge in [0, 0.05) is 13.5 Å². The van der Waals surface area contributed by atoms with Crippen LogP contribution in [0.1, 0.15) is 39.5 Å². The largest absolute Gasteiger partial charge is 0.377 e. The lowest BCUT2D eigenvalue weighted by molar-refractivity contribution is -0.115. The molecular weight excluding hydrogens is 212 g/mol. The van der Waals surface area contributed by atoms with E-state index < -0.39 is 0 Å². The Morgan fingerprint density at radius 1 is 1.24 bits per heavy atom. The minimum atomic E-state index is 0.170. The lowest BCUT2D eigenvalue weighted by Crippen LogP contribution is -2.24.